The smallest absolute Gasteiger partial charge is 0.357 e. The lowest BCUT2D eigenvalue weighted by atomic mass is 10.1. The third-order valence-corrected chi connectivity index (χ3v) is 4.04. The number of nitrogens with one attached hydrogen (secondary N) is 2. The summed E-state index contributed by atoms with van der Waals surface area (Å²) in [6.45, 7) is 1.48. The number of rotatable bonds is 9. The van der Waals surface area contributed by atoms with E-state index < -0.39 is 29.6 Å². The fraction of sp³-hybridized carbons (Fsp3) is 0.733. The molecule has 1 aliphatic heterocycles. The van der Waals surface area contributed by atoms with Crippen LogP contribution in [0.15, 0.2) is 0 Å². The molecule has 6 N–H and O–H groups in total. The number of nitrogens with two attached hydrogens (primary N) is 1. The highest BCUT2D eigenvalue weighted by Gasteiger charge is 2.50. The van der Waals surface area contributed by atoms with Crippen LogP contribution in [0.4, 0.5) is 0 Å². The van der Waals surface area contributed by atoms with Gasteiger partial charge >= 0.3 is 5.97 Å². The number of aliphatic carboxylic acids is 1. The molecule has 1 aliphatic rings. The summed E-state index contributed by atoms with van der Waals surface area (Å²) in [5.74, 6) is -3.11. The predicted molar refractivity (Wildman–Crippen MR) is 87.1 cm³/mol. The number of unbranched alkanes of at least 4 members (excludes halogenated alkanes) is 1. The van der Waals surface area contributed by atoms with Crippen molar-refractivity contribution >= 4 is 23.7 Å². The van der Waals surface area contributed by atoms with E-state index in [1.165, 1.54) is 6.92 Å². The molecule has 2 unspecified atom stereocenters. The van der Waals surface area contributed by atoms with Gasteiger partial charge in [-0.2, -0.15) is 0 Å². The molecule has 0 aromatic carbocycles. The molecule has 10 heteroatoms. The minimum Gasteiger partial charge on any atom is -0.478 e. The molecule has 10 nitrogen and oxygen atoms in total. The van der Waals surface area contributed by atoms with Crippen LogP contribution >= 0.6 is 0 Å². The van der Waals surface area contributed by atoms with Gasteiger partial charge in [-0.1, -0.05) is 0 Å². The number of amides is 3. The molecule has 142 valence electrons. The van der Waals surface area contributed by atoms with Crippen molar-refractivity contribution in [1.29, 1.82) is 0 Å². The summed E-state index contributed by atoms with van der Waals surface area (Å²) in [7, 11) is 0. The Labute approximate surface area is 145 Å². The molecule has 1 heterocycles. The standard InChI is InChI=1S/C15H26N4O6/c1-10(20)17-9-12(21)18-11(5-2-3-7-16)13(22)19-8-4-6-15(19,25)14(23)24/h11,25H,2-9,16H2,1H3,(H,17,20)(H,18,21)(H,23,24). The molecule has 2 atom stereocenters. The number of likely N-dealkylation sites (tertiary alicyclic amines) is 1. The summed E-state index contributed by atoms with van der Waals surface area (Å²) < 4.78 is 0. The Balaban J connectivity index is 2.83. The number of carboxylic acid groups (broad SMARTS) is 1. The summed E-state index contributed by atoms with van der Waals surface area (Å²) in [6, 6.07) is -0.989. The van der Waals surface area contributed by atoms with Gasteiger partial charge in [-0.3, -0.25) is 14.4 Å². The summed E-state index contributed by atoms with van der Waals surface area (Å²) in [5, 5.41) is 24.3. The number of aliphatic hydroxyl groups is 1. The lowest BCUT2D eigenvalue weighted by molar-refractivity contribution is -0.183. The third kappa shape index (κ3) is 5.68. The van der Waals surface area contributed by atoms with E-state index in [-0.39, 0.29) is 31.8 Å². The highest BCUT2D eigenvalue weighted by Crippen LogP contribution is 2.28. The van der Waals surface area contributed by atoms with Gasteiger partial charge in [0.15, 0.2) is 0 Å². The van der Waals surface area contributed by atoms with Crippen LogP contribution in [0, 0.1) is 0 Å². The van der Waals surface area contributed by atoms with Crippen molar-refractivity contribution < 1.29 is 29.4 Å². The van der Waals surface area contributed by atoms with Gasteiger partial charge in [0.25, 0.3) is 0 Å². The zero-order valence-corrected chi connectivity index (χ0v) is 14.3. The number of nitrogens with zero attached hydrogens (tertiary/aromatic N) is 1. The van der Waals surface area contributed by atoms with Crippen LogP contribution in [0.5, 0.6) is 0 Å². The number of carbonyl (C=O) groups is 4. The number of carbonyl (C=O) groups excluding carboxylic acids is 3. The Morgan fingerprint density at radius 2 is 1.96 bits per heavy atom. The second-order valence-corrected chi connectivity index (χ2v) is 6.03. The van der Waals surface area contributed by atoms with Crippen molar-refractivity contribution in [3.63, 3.8) is 0 Å². The molecular formula is C15H26N4O6. The fourth-order valence-corrected chi connectivity index (χ4v) is 2.71. The maximum atomic E-state index is 12.7. The van der Waals surface area contributed by atoms with E-state index in [0.717, 1.165) is 4.90 Å². The molecule has 3 amide bonds. The first-order valence-electron chi connectivity index (χ1n) is 8.23. The molecule has 1 fully saturated rings. The van der Waals surface area contributed by atoms with E-state index in [4.69, 9.17) is 5.73 Å². The van der Waals surface area contributed by atoms with Gasteiger partial charge in [-0.05, 0) is 32.2 Å². The van der Waals surface area contributed by atoms with Crippen molar-refractivity contribution in [3.8, 4) is 0 Å². The molecule has 1 rings (SSSR count). The van der Waals surface area contributed by atoms with Gasteiger partial charge in [0.2, 0.25) is 23.4 Å². The summed E-state index contributed by atoms with van der Waals surface area (Å²) in [4.78, 5) is 47.7. The van der Waals surface area contributed by atoms with Crippen LogP contribution in [-0.2, 0) is 19.2 Å². The van der Waals surface area contributed by atoms with E-state index in [0.29, 0.717) is 25.8 Å². The molecule has 25 heavy (non-hydrogen) atoms. The van der Waals surface area contributed by atoms with Crippen molar-refractivity contribution in [2.75, 3.05) is 19.6 Å². The van der Waals surface area contributed by atoms with Crippen LogP contribution in [-0.4, -0.2) is 70.2 Å². The Kier molecular flexibility index (Phi) is 7.78. The second kappa shape index (κ2) is 9.33. The first-order chi connectivity index (χ1) is 11.7. The molecule has 0 aromatic rings. The Hall–Kier alpha value is -2.20. The first-order valence-corrected chi connectivity index (χ1v) is 8.23. The van der Waals surface area contributed by atoms with Crippen molar-refractivity contribution in [3.05, 3.63) is 0 Å². The zero-order chi connectivity index (χ0) is 19.0. The fourth-order valence-electron chi connectivity index (χ4n) is 2.71. The molecular weight excluding hydrogens is 332 g/mol. The van der Waals surface area contributed by atoms with Crippen molar-refractivity contribution in [2.24, 2.45) is 5.73 Å². The monoisotopic (exact) mass is 358 g/mol. The Morgan fingerprint density at radius 3 is 2.52 bits per heavy atom. The van der Waals surface area contributed by atoms with Crippen LogP contribution in [0.25, 0.3) is 0 Å². The van der Waals surface area contributed by atoms with Crippen LogP contribution in [0.3, 0.4) is 0 Å². The molecule has 0 spiro atoms. The predicted octanol–water partition coefficient (Wildman–Crippen LogP) is -1.87. The highest BCUT2D eigenvalue weighted by atomic mass is 16.4. The number of carboxylic acids is 1. The van der Waals surface area contributed by atoms with Gasteiger partial charge in [0.1, 0.15) is 6.04 Å². The van der Waals surface area contributed by atoms with E-state index >= 15 is 0 Å². The lowest BCUT2D eigenvalue weighted by Gasteiger charge is -2.32. The maximum Gasteiger partial charge on any atom is 0.357 e. The van der Waals surface area contributed by atoms with E-state index in [2.05, 4.69) is 10.6 Å². The summed E-state index contributed by atoms with van der Waals surface area (Å²) in [5.41, 5.74) is 3.17. The average Bonchev–Trinajstić information content (AvgIpc) is 2.94. The first kappa shape index (κ1) is 20.8. The minimum absolute atomic E-state index is 0.0660. The van der Waals surface area contributed by atoms with E-state index in [1.807, 2.05) is 0 Å². The summed E-state index contributed by atoms with van der Waals surface area (Å²) >= 11 is 0. The topological polar surface area (TPSA) is 162 Å². The van der Waals surface area contributed by atoms with E-state index in [1.54, 1.807) is 0 Å². The number of hydrogen-bond donors (Lipinski definition) is 5. The van der Waals surface area contributed by atoms with Crippen molar-refractivity contribution in [1.82, 2.24) is 15.5 Å². The third-order valence-electron chi connectivity index (χ3n) is 4.04. The van der Waals surface area contributed by atoms with Gasteiger partial charge in [-0.15, -0.1) is 0 Å². The lowest BCUT2D eigenvalue weighted by Crippen LogP contribution is -2.59. The highest BCUT2D eigenvalue weighted by molar-refractivity contribution is 5.92. The average molecular weight is 358 g/mol. The van der Waals surface area contributed by atoms with Crippen LogP contribution < -0.4 is 16.4 Å². The second-order valence-electron chi connectivity index (χ2n) is 6.03. The Bertz CT molecular complexity index is 526. The largest absolute Gasteiger partial charge is 0.478 e. The SMILES string of the molecule is CC(=O)NCC(=O)NC(CCCCN)C(=O)N1CCCC1(O)C(=O)O. The minimum atomic E-state index is -2.26. The molecule has 1 saturated heterocycles. The van der Waals surface area contributed by atoms with Crippen LogP contribution in [0.2, 0.25) is 0 Å². The van der Waals surface area contributed by atoms with E-state index in [9.17, 15) is 29.4 Å². The number of hydrogen-bond acceptors (Lipinski definition) is 6. The van der Waals surface area contributed by atoms with Gasteiger partial charge < -0.3 is 31.5 Å². The molecule has 0 aliphatic carbocycles. The van der Waals surface area contributed by atoms with Crippen molar-refractivity contribution in [2.45, 2.75) is 50.8 Å². The van der Waals surface area contributed by atoms with Crippen LogP contribution in [0.1, 0.15) is 39.0 Å². The maximum absolute atomic E-state index is 12.7. The van der Waals surface area contributed by atoms with Gasteiger partial charge in [0, 0.05) is 19.9 Å². The van der Waals surface area contributed by atoms with Gasteiger partial charge in [-0.25, -0.2) is 4.79 Å². The zero-order valence-electron chi connectivity index (χ0n) is 14.3. The molecule has 0 radical (unpaired) electrons. The summed E-state index contributed by atoms with van der Waals surface area (Å²) in [6.07, 6.45) is 1.72. The molecule has 0 saturated carbocycles. The Morgan fingerprint density at radius 1 is 1.28 bits per heavy atom. The van der Waals surface area contributed by atoms with Gasteiger partial charge in [0.05, 0.1) is 6.54 Å². The molecule has 0 bridgehead atoms. The quantitative estimate of drug-likeness (QED) is 0.302. The normalized spacial score (nSPS) is 20.8. The molecule has 0 aromatic heterocycles.